The number of amides is 3. The van der Waals surface area contributed by atoms with Crippen molar-refractivity contribution in [3.05, 3.63) is 51.7 Å². The van der Waals surface area contributed by atoms with E-state index in [-0.39, 0.29) is 35.9 Å². The molecule has 0 aromatic heterocycles. The molecule has 0 spiro atoms. The molecule has 9 heteroatoms. The fourth-order valence-electron chi connectivity index (χ4n) is 2.64. The van der Waals surface area contributed by atoms with Gasteiger partial charge in [0.15, 0.2) is 6.61 Å². The van der Waals surface area contributed by atoms with Crippen molar-refractivity contribution in [2.45, 2.75) is 6.92 Å². The van der Waals surface area contributed by atoms with Gasteiger partial charge in [-0.2, -0.15) is 0 Å². The number of benzene rings is 2. The summed E-state index contributed by atoms with van der Waals surface area (Å²) in [6, 6.07) is 7.38. The first-order valence-corrected chi connectivity index (χ1v) is 8.68. The van der Waals surface area contributed by atoms with Gasteiger partial charge in [0.1, 0.15) is 18.1 Å². The van der Waals surface area contributed by atoms with Crippen LogP contribution in [0.2, 0.25) is 0 Å². The number of rotatable bonds is 4. The Morgan fingerprint density at radius 1 is 1.33 bits per heavy atom. The van der Waals surface area contributed by atoms with Crippen molar-refractivity contribution in [2.24, 2.45) is 5.73 Å². The van der Waals surface area contributed by atoms with Gasteiger partial charge in [0.05, 0.1) is 5.69 Å². The number of ether oxygens (including phenoxy) is 1. The Morgan fingerprint density at radius 2 is 2.07 bits per heavy atom. The molecule has 0 aliphatic carbocycles. The molecule has 140 valence electrons. The van der Waals surface area contributed by atoms with Crippen LogP contribution in [0.3, 0.4) is 0 Å². The molecule has 3 amide bonds. The number of halogens is 2. The Bertz CT molecular complexity index is 964. The minimum atomic E-state index is -0.813. The second-order valence-corrected chi connectivity index (χ2v) is 6.84. The molecule has 0 saturated carbocycles. The monoisotopic (exact) mass is 435 g/mol. The fourth-order valence-corrected chi connectivity index (χ4v) is 2.98. The molecule has 1 aliphatic rings. The molecule has 0 unspecified atom stereocenters. The highest BCUT2D eigenvalue weighted by Crippen LogP contribution is 2.34. The van der Waals surface area contributed by atoms with E-state index >= 15 is 0 Å². The lowest BCUT2D eigenvalue weighted by molar-refractivity contribution is -0.123. The third-order valence-electron chi connectivity index (χ3n) is 4.07. The molecular formula is C18H15BrFN3O4. The van der Waals surface area contributed by atoms with E-state index in [0.29, 0.717) is 11.4 Å². The molecule has 7 nitrogen and oxygen atoms in total. The van der Waals surface area contributed by atoms with E-state index in [9.17, 15) is 18.8 Å². The van der Waals surface area contributed by atoms with Crippen molar-refractivity contribution in [3.63, 3.8) is 0 Å². The first kappa shape index (κ1) is 18.8. The number of hydrogen-bond acceptors (Lipinski definition) is 4. The summed E-state index contributed by atoms with van der Waals surface area (Å²) >= 11 is 3.32. The first-order valence-electron chi connectivity index (χ1n) is 7.89. The van der Waals surface area contributed by atoms with Crippen LogP contribution in [0.15, 0.2) is 34.8 Å². The molecule has 0 fully saturated rings. The van der Waals surface area contributed by atoms with Gasteiger partial charge in [-0.15, -0.1) is 0 Å². The van der Waals surface area contributed by atoms with E-state index in [0.717, 1.165) is 10.5 Å². The molecular weight excluding hydrogens is 421 g/mol. The standard InChI is InChI=1S/C18H15BrFN3O4/c1-9-12(20)4-10(18(21)26)5-13(9)22-16(24)7-23-14-3-2-11(19)6-15(14)27-8-17(23)25/h2-6H,7-8H2,1H3,(H2,21,26)(H,22,24). The average Bonchev–Trinajstić information content (AvgIpc) is 2.61. The zero-order chi connectivity index (χ0) is 19.7. The maximum atomic E-state index is 14.0. The van der Waals surface area contributed by atoms with Crippen molar-refractivity contribution in [3.8, 4) is 5.75 Å². The number of fused-ring (bicyclic) bond motifs is 1. The molecule has 27 heavy (non-hydrogen) atoms. The number of carbonyl (C=O) groups is 3. The Kier molecular flexibility index (Phi) is 5.13. The summed E-state index contributed by atoms with van der Waals surface area (Å²) in [7, 11) is 0. The van der Waals surface area contributed by atoms with Crippen LogP contribution in [-0.2, 0) is 9.59 Å². The lowest BCUT2D eigenvalue weighted by Gasteiger charge is -2.29. The quantitative estimate of drug-likeness (QED) is 0.769. The highest BCUT2D eigenvalue weighted by Gasteiger charge is 2.27. The maximum Gasteiger partial charge on any atom is 0.265 e. The summed E-state index contributed by atoms with van der Waals surface area (Å²) in [4.78, 5) is 37.2. The number of nitrogens with two attached hydrogens (primary N) is 1. The second-order valence-electron chi connectivity index (χ2n) is 5.92. The predicted molar refractivity (Wildman–Crippen MR) is 100 cm³/mol. The zero-order valence-corrected chi connectivity index (χ0v) is 15.8. The number of anilines is 2. The van der Waals surface area contributed by atoms with Gasteiger partial charge in [-0.1, -0.05) is 15.9 Å². The summed E-state index contributed by atoms with van der Waals surface area (Å²) in [5, 5.41) is 2.53. The van der Waals surface area contributed by atoms with Gasteiger partial charge in [-0.25, -0.2) is 4.39 Å². The highest BCUT2D eigenvalue weighted by atomic mass is 79.9. The van der Waals surface area contributed by atoms with E-state index in [4.69, 9.17) is 10.5 Å². The van der Waals surface area contributed by atoms with Crippen LogP contribution in [0, 0.1) is 12.7 Å². The molecule has 3 N–H and O–H groups in total. The molecule has 2 aromatic rings. The third kappa shape index (κ3) is 3.92. The second kappa shape index (κ2) is 7.36. The van der Waals surface area contributed by atoms with Crippen molar-refractivity contribution >= 4 is 45.0 Å². The molecule has 3 rings (SSSR count). The van der Waals surface area contributed by atoms with Crippen LogP contribution in [0.1, 0.15) is 15.9 Å². The largest absolute Gasteiger partial charge is 0.482 e. The Balaban J connectivity index is 1.83. The fraction of sp³-hybridized carbons (Fsp3) is 0.167. The number of nitrogens with one attached hydrogen (secondary N) is 1. The molecule has 0 bridgehead atoms. The van der Waals surface area contributed by atoms with Crippen molar-refractivity contribution < 1.29 is 23.5 Å². The number of hydrogen-bond donors (Lipinski definition) is 2. The van der Waals surface area contributed by atoms with Gasteiger partial charge in [-0.3, -0.25) is 19.3 Å². The zero-order valence-electron chi connectivity index (χ0n) is 14.2. The van der Waals surface area contributed by atoms with Gasteiger partial charge < -0.3 is 15.8 Å². The van der Waals surface area contributed by atoms with Crippen LogP contribution in [0.25, 0.3) is 0 Å². The Hall–Kier alpha value is -2.94. The normalized spacial score (nSPS) is 13.0. The van der Waals surface area contributed by atoms with Crippen LogP contribution in [0.4, 0.5) is 15.8 Å². The minimum Gasteiger partial charge on any atom is -0.482 e. The van der Waals surface area contributed by atoms with E-state index in [2.05, 4.69) is 21.2 Å². The predicted octanol–water partition coefficient (Wildman–Crippen LogP) is 2.36. The lowest BCUT2D eigenvalue weighted by atomic mass is 10.1. The van der Waals surface area contributed by atoms with E-state index in [1.807, 2.05) is 0 Å². The van der Waals surface area contributed by atoms with Crippen LogP contribution < -0.4 is 20.7 Å². The maximum absolute atomic E-state index is 14.0. The average molecular weight is 436 g/mol. The van der Waals surface area contributed by atoms with Gasteiger partial charge in [0.2, 0.25) is 11.8 Å². The van der Waals surface area contributed by atoms with E-state index in [1.165, 1.54) is 17.9 Å². The number of primary amides is 1. The summed E-state index contributed by atoms with van der Waals surface area (Å²) in [5.74, 6) is -1.95. The molecule has 2 aromatic carbocycles. The van der Waals surface area contributed by atoms with E-state index in [1.54, 1.807) is 18.2 Å². The van der Waals surface area contributed by atoms with E-state index < -0.39 is 17.6 Å². The number of nitrogens with zero attached hydrogens (tertiary/aromatic N) is 1. The van der Waals surface area contributed by atoms with Crippen LogP contribution in [-0.4, -0.2) is 30.9 Å². The molecule has 1 heterocycles. The summed E-state index contributed by atoms with van der Waals surface area (Å²) in [6.07, 6.45) is 0. The van der Waals surface area contributed by atoms with Crippen molar-refractivity contribution in [2.75, 3.05) is 23.4 Å². The minimum absolute atomic E-state index is 0.0638. The topological polar surface area (TPSA) is 102 Å². The van der Waals surface area contributed by atoms with Gasteiger partial charge in [0, 0.05) is 21.3 Å². The molecule has 1 aliphatic heterocycles. The van der Waals surface area contributed by atoms with Gasteiger partial charge >= 0.3 is 0 Å². The van der Waals surface area contributed by atoms with Crippen LogP contribution >= 0.6 is 15.9 Å². The smallest absolute Gasteiger partial charge is 0.265 e. The van der Waals surface area contributed by atoms with Crippen molar-refractivity contribution in [1.29, 1.82) is 0 Å². The molecule has 0 atom stereocenters. The first-order chi connectivity index (χ1) is 12.8. The van der Waals surface area contributed by atoms with Crippen LogP contribution in [0.5, 0.6) is 5.75 Å². The highest BCUT2D eigenvalue weighted by molar-refractivity contribution is 9.10. The SMILES string of the molecule is Cc1c(F)cc(C(N)=O)cc1NC(=O)CN1C(=O)COc2cc(Br)ccc21. The van der Waals surface area contributed by atoms with Gasteiger partial charge in [0.25, 0.3) is 5.91 Å². The summed E-state index contributed by atoms with van der Waals surface area (Å²) < 4.78 is 20.1. The Labute approximate surface area is 162 Å². The van der Waals surface area contributed by atoms with Gasteiger partial charge in [-0.05, 0) is 37.3 Å². The molecule has 0 saturated heterocycles. The lowest BCUT2D eigenvalue weighted by Crippen LogP contribution is -2.43. The molecule has 0 radical (unpaired) electrons. The number of carbonyl (C=O) groups excluding carboxylic acids is 3. The third-order valence-corrected chi connectivity index (χ3v) is 4.56. The Morgan fingerprint density at radius 3 is 2.78 bits per heavy atom. The summed E-state index contributed by atoms with van der Waals surface area (Å²) in [5.41, 5.74) is 5.84. The summed E-state index contributed by atoms with van der Waals surface area (Å²) in [6.45, 7) is 0.975. The van der Waals surface area contributed by atoms with Crippen molar-refractivity contribution in [1.82, 2.24) is 0 Å².